The van der Waals surface area contributed by atoms with Crippen LogP contribution < -0.4 is 4.90 Å². The Morgan fingerprint density at radius 2 is 1.48 bits per heavy atom. The first-order chi connectivity index (χ1) is 13.0. The zero-order valence-electron chi connectivity index (χ0n) is 16.6. The molecule has 0 saturated heterocycles. The van der Waals surface area contributed by atoms with E-state index in [2.05, 4.69) is 20.8 Å². The van der Waals surface area contributed by atoms with E-state index in [0.29, 0.717) is 22.7 Å². The molecular formula is C24H29NO2. The molecule has 0 aliphatic carbocycles. The lowest BCUT2D eigenvalue weighted by molar-refractivity contribution is 0.0926. The molecule has 2 amide bonds. The lowest BCUT2D eigenvalue weighted by Crippen LogP contribution is -2.29. The molecule has 1 heterocycles. The number of anilines is 1. The van der Waals surface area contributed by atoms with E-state index in [1.54, 1.807) is 0 Å². The molecule has 0 fully saturated rings. The van der Waals surface area contributed by atoms with Gasteiger partial charge in [0.15, 0.2) is 0 Å². The Kier molecular flexibility index (Phi) is 6.10. The molecule has 0 bridgehead atoms. The third kappa shape index (κ3) is 4.13. The summed E-state index contributed by atoms with van der Waals surface area (Å²) >= 11 is 0. The minimum Gasteiger partial charge on any atom is -0.268 e. The predicted octanol–water partition coefficient (Wildman–Crippen LogP) is 6.12. The maximum atomic E-state index is 12.9. The van der Waals surface area contributed by atoms with Gasteiger partial charge in [0.1, 0.15) is 0 Å². The third-order valence-electron chi connectivity index (χ3n) is 5.34. The summed E-state index contributed by atoms with van der Waals surface area (Å²) in [5.74, 6) is -0.0111. The van der Waals surface area contributed by atoms with Gasteiger partial charge in [0.25, 0.3) is 11.8 Å². The highest BCUT2D eigenvalue weighted by Gasteiger charge is 2.36. The SMILES string of the molecule is CCCCCCCc1ccc2c(c1)C(=O)N(c1ccc(C(C)C)cc1)C2=O. The van der Waals surface area contributed by atoms with Crippen molar-refractivity contribution in [3.8, 4) is 0 Å². The predicted molar refractivity (Wildman–Crippen MR) is 111 cm³/mol. The van der Waals surface area contributed by atoms with Gasteiger partial charge >= 0.3 is 0 Å². The van der Waals surface area contributed by atoms with Crippen molar-refractivity contribution < 1.29 is 9.59 Å². The largest absolute Gasteiger partial charge is 0.268 e. The molecule has 1 aliphatic rings. The maximum absolute atomic E-state index is 12.9. The quantitative estimate of drug-likeness (QED) is 0.418. The number of imide groups is 1. The van der Waals surface area contributed by atoms with E-state index in [4.69, 9.17) is 0 Å². The van der Waals surface area contributed by atoms with Crippen LogP contribution in [0.4, 0.5) is 5.69 Å². The molecule has 142 valence electrons. The van der Waals surface area contributed by atoms with Gasteiger partial charge in [-0.1, -0.05) is 64.7 Å². The lowest BCUT2D eigenvalue weighted by Gasteiger charge is -2.15. The summed E-state index contributed by atoms with van der Waals surface area (Å²) in [4.78, 5) is 27.0. The zero-order valence-corrected chi connectivity index (χ0v) is 16.6. The van der Waals surface area contributed by atoms with Gasteiger partial charge < -0.3 is 0 Å². The summed E-state index contributed by atoms with van der Waals surface area (Å²) in [6, 6.07) is 13.4. The Hall–Kier alpha value is -2.42. The third-order valence-corrected chi connectivity index (χ3v) is 5.34. The smallest absolute Gasteiger partial charge is 0.266 e. The summed E-state index contributed by atoms with van der Waals surface area (Å²) < 4.78 is 0. The number of rotatable bonds is 8. The van der Waals surface area contributed by atoms with Crippen molar-refractivity contribution in [2.45, 2.75) is 65.2 Å². The second-order valence-corrected chi connectivity index (χ2v) is 7.74. The molecule has 1 aliphatic heterocycles. The molecule has 0 aromatic heterocycles. The first-order valence-electron chi connectivity index (χ1n) is 10.1. The Morgan fingerprint density at radius 3 is 2.15 bits per heavy atom. The number of carbonyl (C=O) groups excluding carboxylic acids is 2. The van der Waals surface area contributed by atoms with Crippen LogP contribution in [0.2, 0.25) is 0 Å². The Labute approximate surface area is 162 Å². The number of carbonyl (C=O) groups is 2. The standard InChI is InChI=1S/C24H29NO2/c1-4-5-6-7-8-9-18-10-15-21-22(16-18)24(27)25(23(21)26)20-13-11-19(12-14-20)17(2)3/h10-17H,4-9H2,1-3H3. The highest BCUT2D eigenvalue weighted by Crippen LogP contribution is 2.30. The number of hydrogen-bond donors (Lipinski definition) is 0. The van der Waals surface area contributed by atoms with E-state index in [-0.39, 0.29) is 11.8 Å². The van der Waals surface area contributed by atoms with Gasteiger partial charge in [-0.3, -0.25) is 9.59 Å². The van der Waals surface area contributed by atoms with Crippen molar-refractivity contribution in [3.63, 3.8) is 0 Å². The molecule has 0 unspecified atom stereocenters. The molecule has 0 radical (unpaired) electrons. The van der Waals surface area contributed by atoms with Gasteiger partial charge in [-0.05, 0) is 54.2 Å². The van der Waals surface area contributed by atoms with Gasteiger partial charge in [0.2, 0.25) is 0 Å². The average molecular weight is 364 g/mol. The highest BCUT2D eigenvalue weighted by atomic mass is 16.2. The fourth-order valence-corrected chi connectivity index (χ4v) is 3.62. The monoisotopic (exact) mass is 363 g/mol. The van der Waals surface area contributed by atoms with Crippen LogP contribution in [0.25, 0.3) is 0 Å². The van der Waals surface area contributed by atoms with Crippen molar-refractivity contribution in [1.29, 1.82) is 0 Å². The first kappa shape index (κ1) is 19.3. The number of nitrogens with zero attached hydrogens (tertiary/aromatic N) is 1. The van der Waals surface area contributed by atoms with Crippen molar-refractivity contribution >= 4 is 17.5 Å². The molecule has 3 heteroatoms. The van der Waals surface area contributed by atoms with Crippen LogP contribution in [-0.2, 0) is 6.42 Å². The van der Waals surface area contributed by atoms with Gasteiger partial charge in [0.05, 0.1) is 16.8 Å². The van der Waals surface area contributed by atoms with E-state index in [0.717, 1.165) is 18.4 Å². The number of hydrogen-bond acceptors (Lipinski definition) is 2. The van der Waals surface area contributed by atoms with Crippen molar-refractivity contribution in [3.05, 3.63) is 64.7 Å². The lowest BCUT2D eigenvalue weighted by atomic mass is 10.0. The molecular weight excluding hydrogens is 334 g/mol. The summed E-state index contributed by atoms with van der Waals surface area (Å²) in [5, 5.41) is 0. The van der Waals surface area contributed by atoms with E-state index in [1.807, 2.05) is 42.5 Å². The summed E-state index contributed by atoms with van der Waals surface area (Å²) in [6.07, 6.45) is 7.08. The average Bonchev–Trinajstić information content (AvgIpc) is 2.92. The molecule has 2 aromatic rings. The highest BCUT2D eigenvalue weighted by molar-refractivity contribution is 6.34. The minimum atomic E-state index is -0.221. The first-order valence-corrected chi connectivity index (χ1v) is 10.1. The molecule has 3 nitrogen and oxygen atoms in total. The number of benzene rings is 2. The van der Waals surface area contributed by atoms with Gasteiger partial charge in [0, 0.05) is 0 Å². The molecule has 0 spiro atoms. The van der Waals surface area contributed by atoms with Crippen LogP contribution in [0, 0.1) is 0 Å². The number of fused-ring (bicyclic) bond motifs is 1. The van der Waals surface area contributed by atoms with Crippen molar-refractivity contribution in [1.82, 2.24) is 0 Å². The second-order valence-electron chi connectivity index (χ2n) is 7.74. The Morgan fingerprint density at radius 1 is 0.815 bits per heavy atom. The molecule has 0 atom stereocenters. The molecule has 0 saturated carbocycles. The zero-order chi connectivity index (χ0) is 19.4. The molecule has 0 N–H and O–H groups in total. The van der Waals surface area contributed by atoms with E-state index in [9.17, 15) is 9.59 Å². The summed E-state index contributed by atoms with van der Waals surface area (Å²) in [7, 11) is 0. The van der Waals surface area contributed by atoms with Gasteiger partial charge in [-0.25, -0.2) is 4.90 Å². The number of amides is 2. The number of aryl methyl sites for hydroxylation is 1. The fraction of sp³-hybridized carbons (Fsp3) is 0.417. The van der Waals surface area contributed by atoms with Crippen LogP contribution in [-0.4, -0.2) is 11.8 Å². The van der Waals surface area contributed by atoms with Crippen LogP contribution in [0.15, 0.2) is 42.5 Å². The number of unbranched alkanes of at least 4 members (excludes halogenated alkanes) is 4. The topological polar surface area (TPSA) is 37.4 Å². The van der Waals surface area contributed by atoms with Crippen molar-refractivity contribution in [2.75, 3.05) is 4.90 Å². The normalized spacial score (nSPS) is 13.6. The minimum absolute atomic E-state index is 0.208. The van der Waals surface area contributed by atoms with Crippen LogP contribution in [0.3, 0.4) is 0 Å². The van der Waals surface area contributed by atoms with Crippen molar-refractivity contribution in [2.24, 2.45) is 0 Å². The molecule has 27 heavy (non-hydrogen) atoms. The Bertz CT molecular complexity index is 821. The Balaban J connectivity index is 1.75. The fourth-order valence-electron chi connectivity index (χ4n) is 3.62. The van der Waals surface area contributed by atoms with Crippen LogP contribution in [0.5, 0.6) is 0 Å². The maximum Gasteiger partial charge on any atom is 0.266 e. The van der Waals surface area contributed by atoms with E-state index < -0.39 is 0 Å². The van der Waals surface area contributed by atoms with Gasteiger partial charge in [-0.2, -0.15) is 0 Å². The van der Waals surface area contributed by atoms with E-state index >= 15 is 0 Å². The molecule has 3 rings (SSSR count). The summed E-state index contributed by atoms with van der Waals surface area (Å²) in [5.41, 5.74) is 4.04. The second kappa shape index (κ2) is 8.51. The van der Waals surface area contributed by atoms with Crippen LogP contribution >= 0.6 is 0 Å². The molecule has 2 aromatic carbocycles. The van der Waals surface area contributed by atoms with Crippen LogP contribution in [0.1, 0.15) is 90.6 Å². The van der Waals surface area contributed by atoms with Gasteiger partial charge in [-0.15, -0.1) is 0 Å². The summed E-state index contributed by atoms with van der Waals surface area (Å²) in [6.45, 7) is 6.47. The van der Waals surface area contributed by atoms with E-state index in [1.165, 1.54) is 36.1 Å².